The molecule has 0 aliphatic rings. The molecule has 2 rings (SSSR count). The van der Waals surface area contributed by atoms with Crippen LogP contribution in [0.5, 0.6) is 0 Å². The summed E-state index contributed by atoms with van der Waals surface area (Å²) in [5.41, 5.74) is 2.98. The van der Waals surface area contributed by atoms with E-state index in [1.165, 1.54) is 5.56 Å². The van der Waals surface area contributed by atoms with Crippen LogP contribution in [-0.2, 0) is 10.1 Å². The molecule has 0 unspecified atom stereocenters. The van der Waals surface area contributed by atoms with Crippen LogP contribution in [0, 0.1) is 0 Å². The summed E-state index contributed by atoms with van der Waals surface area (Å²) in [5, 5.41) is 1.94. The maximum atomic E-state index is 11.9. The first-order valence-electron chi connectivity index (χ1n) is 8.12. The highest BCUT2D eigenvalue weighted by Gasteiger charge is 2.24. The van der Waals surface area contributed by atoms with Gasteiger partial charge in [-0.3, -0.25) is 4.55 Å². The van der Waals surface area contributed by atoms with E-state index in [0.717, 1.165) is 21.9 Å². The Bertz CT molecular complexity index is 831. The average Bonchev–Trinajstić information content (AvgIpc) is 2.42. The summed E-state index contributed by atoms with van der Waals surface area (Å²) in [6.07, 6.45) is 0. The van der Waals surface area contributed by atoms with Crippen molar-refractivity contribution in [3.05, 3.63) is 41.0 Å². The van der Waals surface area contributed by atoms with Crippen molar-refractivity contribution >= 4 is 20.9 Å². The Morgan fingerprint density at radius 1 is 0.826 bits per heavy atom. The van der Waals surface area contributed by atoms with Crippen LogP contribution in [0.2, 0.25) is 0 Å². The third-order valence-corrected chi connectivity index (χ3v) is 5.20. The molecule has 4 heteroatoms. The highest BCUT2D eigenvalue weighted by atomic mass is 32.2. The van der Waals surface area contributed by atoms with Gasteiger partial charge in [-0.1, -0.05) is 59.7 Å². The average molecular weight is 334 g/mol. The van der Waals surface area contributed by atoms with Gasteiger partial charge in [0.25, 0.3) is 10.1 Å². The van der Waals surface area contributed by atoms with Crippen LogP contribution >= 0.6 is 0 Å². The number of hydrogen-bond acceptors (Lipinski definition) is 2. The highest BCUT2D eigenvalue weighted by molar-refractivity contribution is 7.85. The summed E-state index contributed by atoms with van der Waals surface area (Å²) in [4.78, 5) is 0.0426. The van der Waals surface area contributed by atoms with Gasteiger partial charge >= 0.3 is 0 Å². The van der Waals surface area contributed by atoms with Gasteiger partial charge in [0, 0.05) is 0 Å². The quantitative estimate of drug-likeness (QED) is 0.756. The molecule has 0 aliphatic heterocycles. The van der Waals surface area contributed by atoms with Gasteiger partial charge in [-0.25, -0.2) is 0 Å². The van der Waals surface area contributed by atoms with E-state index in [9.17, 15) is 13.0 Å². The van der Waals surface area contributed by atoms with Crippen molar-refractivity contribution in [2.75, 3.05) is 0 Å². The van der Waals surface area contributed by atoms with Crippen LogP contribution in [0.15, 0.2) is 29.2 Å². The summed E-state index contributed by atoms with van der Waals surface area (Å²) >= 11 is 0. The Balaban J connectivity index is 3.02. The molecule has 0 aromatic heterocycles. The summed E-state index contributed by atoms with van der Waals surface area (Å²) in [6.45, 7) is 12.4. The lowest BCUT2D eigenvalue weighted by Crippen LogP contribution is -2.10. The van der Waals surface area contributed by atoms with Crippen molar-refractivity contribution in [1.82, 2.24) is 0 Å². The SMILES string of the molecule is CC(C)c1ccc2cc(S(=O)(=O)O)c(C(C)C)c(C(C)C)c2c1. The summed E-state index contributed by atoms with van der Waals surface area (Å²) in [7, 11) is -4.25. The number of rotatable bonds is 4. The van der Waals surface area contributed by atoms with E-state index in [2.05, 4.69) is 33.8 Å². The van der Waals surface area contributed by atoms with E-state index in [-0.39, 0.29) is 16.7 Å². The Kier molecular flexibility index (Phi) is 4.88. The van der Waals surface area contributed by atoms with Crippen LogP contribution in [0.4, 0.5) is 0 Å². The van der Waals surface area contributed by atoms with E-state index in [4.69, 9.17) is 0 Å². The minimum absolute atomic E-state index is 0.0106. The lowest BCUT2D eigenvalue weighted by atomic mass is 9.85. The Morgan fingerprint density at radius 3 is 1.83 bits per heavy atom. The molecule has 0 atom stereocenters. The fraction of sp³-hybridized carbons (Fsp3) is 0.474. The van der Waals surface area contributed by atoms with E-state index in [1.54, 1.807) is 6.07 Å². The minimum Gasteiger partial charge on any atom is -0.282 e. The Labute approximate surface area is 139 Å². The van der Waals surface area contributed by atoms with Gasteiger partial charge in [-0.05, 0) is 51.3 Å². The third-order valence-electron chi connectivity index (χ3n) is 4.31. The Morgan fingerprint density at radius 2 is 1.39 bits per heavy atom. The Hall–Kier alpha value is -1.39. The second-order valence-electron chi connectivity index (χ2n) is 7.12. The van der Waals surface area contributed by atoms with Crippen molar-refractivity contribution in [3.63, 3.8) is 0 Å². The zero-order valence-electron chi connectivity index (χ0n) is 14.7. The van der Waals surface area contributed by atoms with Gasteiger partial charge in [0.15, 0.2) is 0 Å². The molecule has 1 N–H and O–H groups in total. The molecule has 0 aliphatic carbocycles. The van der Waals surface area contributed by atoms with E-state index < -0.39 is 10.1 Å². The zero-order valence-corrected chi connectivity index (χ0v) is 15.5. The molecular formula is C19H26O3S. The van der Waals surface area contributed by atoms with E-state index in [0.29, 0.717) is 5.92 Å². The molecule has 2 aromatic carbocycles. The second kappa shape index (κ2) is 6.25. The van der Waals surface area contributed by atoms with Crippen LogP contribution < -0.4 is 0 Å². The second-order valence-corrected chi connectivity index (χ2v) is 8.51. The summed E-state index contributed by atoms with van der Waals surface area (Å²) < 4.78 is 33.5. The maximum Gasteiger partial charge on any atom is 0.294 e. The smallest absolute Gasteiger partial charge is 0.282 e. The molecule has 0 saturated carbocycles. The molecule has 0 heterocycles. The molecule has 2 aromatic rings. The molecule has 23 heavy (non-hydrogen) atoms. The van der Waals surface area contributed by atoms with Crippen molar-refractivity contribution in [1.29, 1.82) is 0 Å². The lowest BCUT2D eigenvalue weighted by molar-refractivity contribution is 0.481. The van der Waals surface area contributed by atoms with Crippen LogP contribution in [0.25, 0.3) is 10.8 Å². The van der Waals surface area contributed by atoms with Crippen molar-refractivity contribution in [2.24, 2.45) is 0 Å². The number of benzene rings is 2. The predicted molar refractivity (Wildman–Crippen MR) is 96.0 cm³/mol. The zero-order chi connectivity index (χ0) is 17.5. The van der Waals surface area contributed by atoms with Crippen molar-refractivity contribution in [3.8, 4) is 0 Å². The molecular weight excluding hydrogens is 308 g/mol. The first-order valence-corrected chi connectivity index (χ1v) is 9.56. The minimum atomic E-state index is -4.25. The molecule has 0 amide bonds. The van der Waals surface area contributed by atoms with Crippen LogP contribution in [0.3, 0.4) is 0 Å². The van der Waals surface area contributed by atoms with Gasteiger partial charge in [0.1, 0.15) is 0 Å². The monoisotopic (exact) mass is 334 g/mol. The molecule has 3 nitrogen and oxygen atoms in total. The highest BCUT2D eigenvalue weighted by Crippen LogP contribution is 2.38. The fourth-order valence-electron chi connectivity index (χ4n) is 3.22. The first-order chi connectivity index (χ1) is 10.5. The molecule has 126 valence electrons. The van der Waals surface area contributed by atoms with Crippen LogP contribution in [0.1, 0.15) is 76.0 Å². The maximum absolute atomic E-state index is 11.9. The number of fused-ring (bicyclic) bond motifs is 1. The van der Waals surface area contributed by atoms with Crippen LogP contribution in [-0.4, -0.2) is 13.0 Å². The largest absolute Gasteiger partial charge is 0.294 e. The molecule has 0 saturated heterocycles. The summed E-state index contributed by atoms with van der Waals surface area (Å²) in [5.74, 6) is 0.582. The third kappa shape index (κ3) is 3.43. The topological polar surface area (TPSA) is 54.4 Å². The summed E-state index contributed by atoms with van der Waals surface area (Å²) in [6, 6.07) is 7.75. The normalized spacial score (nSPS) is 12.8. The van der Waals surface area contributed by atoms with Crippen molar-refractivity contribution in [2.45, 2.75) is 64.2 Å². The molecule has 0 spiro atoms. The van der Waals surface area contributed by atoms with E-state index in [1.807, 2.05) is 26.0 Å². The van der Waals surface area contributed by atoms with Gasteiger partial charge in [0.2, 0.25) is 0 Å². The fourth-order valence-corrected chi connectivity index (χ4v) is 4.12. The van der Waals surface area contributed by atoms with Gasteiger partial charge < -0.3 is 0 Å². The predicted octanol–water partition coefficient (Wildman–Crippen LogP) is 5.46. The standard InChI is InChI=1S/C19H26O3S/c1-11(2)14-7-8-15-10-17(23(20,21)22)19(13(5)6)18(12(3)4)16(15)9-14/h7-13H,1-6H3,(H,20,21,22). The van der Waals surface area contributed by atoms with Crippen molar-refractivity contribution < 1.29 is 13.0 Å². The number of hydrogen-bond donors (Lipinski definition) is 1. The van der Waals surface area contributed by atoms with E-state index >= 15 is 0 Å². The first kappa shape index (κ1) is 18.0. The molecule has 0 bridgehead atoms. The lowest BCUT2D eigenvalue weighted by Gasteiger charge is -2.22. The van der Waals surface area contributed by atoms with Gasteiger partial charge in [0.05, 0.1) is 4.90 Å². The van der Waals surface area contributed by atoms with Gasteiger partial charge in [-0.2, -0.15) is 8.42 Å². The molecule has 0 radical (unpaired) electrons. The molecule has 0 fully saturated rings. The van der Waals surface area contributed by atoms with Gasteiger partial charge in [-0.15, -0.1) is 0 Å².